The number of rotatable bonds is 3. The number of halogens is 1. The summed E-state index contributed by atoms with van der Waals surface area (Å²) in [4.78, 5) is 0. The van der Waals surface area contributed by atoms with Crippen LogP contribution in [0.3, 0.4) is 0 Å². The summed E-state index contributed by atoms with van der Waals surface area (Å²) in [5.74, 6) is 0. The second kappa shape index (κ2) is 6.23. The number of nitrogens with one attached hydrogen (secondary N) is 1. The van der Waals surface area contributed by atoms with Crippen molar-refractivity contribution in [2.45, 2.75) is 19.5 Å². The van der Waals surface area contributed by atoms with Crippen LogP contribution in [0.4, 0.5) is 0 Å². The van der Waals surface area contributed by atoms with E-state index in [1.807, 2.05) is 12.1 Å². The average Bonchev–Trinajstić information content (AvgIpc) is 3.05. The van der Waals surface area contributed by atoms with Crippen LogP contribution in [-0.4, -0.2) is 11.1 Å². The van der Waals surface area contributed by atoms with E-state index in [1.54, 1.807) is 0 Å². The molecule has 1 aliphatic heterocycles. The highest BCUT2D eigenvalue weighted by atomic mass is 35.5. The van der Waals surface area contributed by atoms with E-state index in [2.05, 4.69) is 58.5 Å². The summed E-state index contributed by atoms with van der Waals surface area (Å²) in [5, 5.41) is 4.24. The molecule has 0 amide bonds. The molecule has 2 aromatic carbocycles. The molecule has 0 atom stereocenters. The van der Waals surface area contributed by atoms with E-state index < -0.39 is 0 Å². The van der Waals surface area contributed by atoms with Crippen molar-refractivity contribution in [3.05, 3.63) is 82.5 Å². The van der Waals surface area contributed by atoms with E-state index >= 15 is 0 Å². The first-order valence-corrected chi connectivity index (χ1v) is 8.40. The van der Waals surface area contributed by atoms with Gasteiger partial charge in [-0.15, -0.1) is 0 Å². The van der Waals surface area contributed by atoms with Gasteiger partial charge in [0, 0.05) is 30.0 Å². The van der Waals surface area contributed by atoms with Gasteiger partial charge in [-0.2, -0.15) is 0 Å². The van der Waals surface area contributed by atoms with Gasteiger partial charge in [-0.05, 0) is 65.6 Å². The van der Waals surface area contributed by atoms with Crippen molar-refractivity contribution < 1.29 is 0 Å². The first kappa shape index (κ1) is 14.6. The Morgan fingerprint density at radius 2 is 1.87 bits per heavy atom. The number of hydrogen-bond donors (Lipinski definition) is 1. The molecule has 2 heterocycles. The fourth-order valence-corrected chi connectivity index (χ4v) is 3.37. The predicted molar refractivity (Wildman–Crippen MR) is 95.8 cm³/mol. The maximum Gasteiger partial charge on any atom is 0.0483 e. The monoisotopic (exact) mass is 322 g/mol. The van der Waals surface area contributed by atoms with E-state index in [0.29, 0.717) is 0 Å². The van der Waals surface area contributed by atoms with E-state index in [-0.39, 0.29) is 0 Å². The zero-order valence-electron chi connectivity index (χ0n) is 12.9. The molecule has 0 fully saturated rings. The molecule has 0 unspecified atom stereocenters. The fourth-order valence-electron chi connectivity index (χ4n) is 3.24. The van der Waals surface area contributed by atoms with Crippen LogP contribution in [0.15, 0.2) is 60.8 Å². The summed E-state index contributed by atoms with van der Waals surface area (Å²) in [6.45, 7) is 2.91. The van der Waals surface area contributed by atoms with Gasteiger partial charge in [0.1, 0.15) is 0 Å². The minimum absolute atomic E-state index is 0.781. The highest BCUT2D eigenvalue weighted by Crippen LogP contribution is 2.25. The quantitative estimate of drug-likeness (QED) is 0.751. The first-order chi connectivity index (χ1) is 11.3. The van der Waals surface area contributed by atoms with Gasteiger partial charge in [0.05, 0.1) is 0 Å². The third-order valence-corrected chi connectivity index (χ3v) is 4.74. The number of nitrogens with zero attached hydrogens (tertiary/aromatic N) is 1. The molecule has 0 saturated heterocycles. The van der Waals surface area contributed by atoms with Gasteiger partial charge in [0.15, 0.2) is 0 Å². The molecule has 23 heavy (non-hydrogen) atoms. The summed E-state index contributed by atoms with van der Waals surface area (Å²) in [7, 11) is 0. The van der Waals surface area contributed by atoms with E-state index in [0.717, 1.165) is 31.1 Å². The third-order valence-electron chi connectivity index (χ3n) is 4.48. The van der Waals surface area contributed by atoms with Gasteiger partial charge in [-0.1, -0.05) is 35.9 Å². The molecule has 116 valence electrons. The van der Waals surface area contributed by atoms with Crippen molar-refractivity contribution in [2.75, 3.05) is 6.54 Å². The van der Waals surface area contributed by atoms with E-state index in [9.17, 15) is 0 Å². The maximum atomic E-state index is 5.98. The molecule has 3 aromatic rings. The minimum Gasteiger partial charge on any atom is -0.343 e. The van der Waals surface area contributed by atoms with Crippen LogP contribution in [0.25, 0.3) is 11.3 Å². The van der Waals surface area contributed by atoms with Gasteiger partial charge in [-0.3, -0.25) is 0 Å². The number of hydrogen-bond acceptors (Lipinski definition) is 1. The highest BCUT2D eigenvalue weighted by molar-refractivity contribution is 6.30. The minimum atomic E-state index is 0.781. The van der Waals surface area contributed by atoms with Crippen molar-refractivity contribution in [1.29, 1.82) is 0 Å². The van der Waals surface area contributed by atoms with Crippen LogP contribution >= 0.6 is 11.6 Å². The van der Waals surface area contributed by atoms with Gasteiger partial charge < -0.3 is 9.88 Å². The number of fused-ring (bicyclic) bond motifs is 1. The van der Waals surface area contributed by atoms with Gasteiger partial charge in [-0.25, -0.2) is 0 Å². The molecule has 0 spiro atoms. The van der Waals surface area contributed by atoms with Crippen molar-refractivity contribution in [3.63, 3.8) is 0 Å². The van der Waals surface area contributed by atoms with E-state index in [1.165, 1.54) is 27.9 Å². The molecule has 0 bridgehead atoms. The van der Waals surface area contributed by atoms with Gasteiger partial charge in [0.2, 0.25) is 0 Å². The molecular weight excluding hydrogens is 304 g/mol. The average molecular weight is 323 g/mol. The Bertz CT molecular complexity index is 818. The SMILES string of the molecule is Clc1ccc(Cn2cccc2-c2ccc3c(c2)CNCC3)cc1. The molecule has 2 nitrogen and oxygen atoms in total. The summed E-state index contributed by atoms with van der Waals surface area (Å²) in [6, 6.07) is 19.2. The lowest BCUT2D eigenvalue weighted by atomic mass is 9.97. The van der Waals surface area contributed by atoms with Crippen molar-refractivity contribution in [2.24, 2.45) is 0 Å². The summed E-state index contributed by atoms with van der Waals surface area (Å²) >= 11 is 5.98. The normalized spacial score (nSPS) is 13.8. The fraction of sp³-hybridized carbons (Fsp3) is 0.200. The maximum absolute atomic E-state index is 5.98. The Morgan fingerprint density at radius 3 is 2.74 bits per heavy atom. The summed E-state index contributed by atoms with van der Waals surface area (Å²) in [6.07, 6.45) is 3.27. The van der Waals surface area contributed by atoms with E-state index in [4.69, 9.17) is 11.6 Å². The molecule has 4 rings (SSSR count). The van der Waals surface area contributed by atoms with Crippen LogP contribution < -0.4 is 5.32 Å². The summed E-state index contributed by atoms with van der Waals surface area (Å²) < 4.78 is 2.29. The zero-order valence-corrected chi connectivity index (χ0v) is 13.7. The summed E-state index contributed by atoms with van der Waals surface area (Å²) in [5.41, 5.74) is 6.70. The smallest absolute Gasteiger partial charge is 0.0483 e. The Balaban J connectivity index is 1.65. The Hall–Kier alpha value is -2.03. The van der Waals surface area contributed by atoms with Crippen molar-refractivity contribution in [1.82, 2.24) is 9.88 Å². The Kier molecular flexibility index (Phi) is 3.94. The lowest BCUT2D eigenvalue weighted by Gasteiger charge is -2.18. The van der Waals surface area contributed by atoms with Crippen LogP contribution in [0.5, 0.6) is 0 Å². The van der Waals surface area contributed by atoms with Crippen LogP contribution in [-0.2, 0) is 19.5 Å². The topological polar surface area (TPSA) is 17.0 Å². The lowest BCUT2D eigenvalue weighted by Crippen LogP contribution is -2.23. The molecular formula is C20H19ClN2. The second-order valence-corrected chi connectivity index (χ2v) is 6.49. The largest absolute Gasteiger partial charge is 0.343 e. The molecule has 3 heteroatoms. The lowest BCUT2D eigenvalue weighted by molar-refractivity contribution is 0.644. The highest BCUT2D eigenvalue weighted by Gasteiger charge is 2.11. The molecule has 0 radical (unpaired) electrons. The standard InChI is InChI=1S/C20H19ClN2/c21-19-7-3-15(4-8-19)14-23-11-1-2-20(23)17-6-5-16-9-10-22-13-18(16)12-17/h1-8,11-12,22H,9-10,13-14H2. The van der Waals surface area contributed by atoms with Crippen molar-refractivity contribution >= 4 is 11.6 Å². The third kappa shape index (κ3) is 3.05. The zero-order chi connectivity index (χ0) is 15.6. The number of aromatic nitrogens is 1. The molecule has 1 N–H and O–H groups in total. The molecule has 0 saturated carbocycles. The molecule has 0 aliphatic carbocycles. The van der Waals surface area contributed by atoms with Gasteiger partial charge in [0.25, 0.3) is 0 Å². The number of benzene rings is 2. The second-order valence-electron chi connectivity index (χ2n) is 6.06. The van der Waals surface area contributed by atoms with Crippen LogP contribution in [0.1, 0.15) is 16.7 Å². The van der Waals surface area contributed by atoms with Crippen LogP contribution in [0, 0.1) is 0 Å². The Morgan fingerprint density at radius 1 is 1.00 bits per heavy atom. The first-order valence-electron chi connectivity index (χ1n) is 8.02. The van der Waals surface area contributed by atoms with Crippen LogP contribution in [0.2, 0.25) is 5.02 Å². The molecule has 1 aromatic heterocycles. The van der Waals surface area contributed by atoms with Gasteiger partial charge >= 0.3 is 0 Å². The molecule has 1 aliphatic rings. The Labute approximate surface area is 141 Å². The van der Waals surface area contributed by atoms with Crippen molar-refractivity contribution in [3.8, 4) is 11.3 Å². The predicted octanol–water partition coefficient (Wildman–Crippen LogP) is 4.50.